The Morgan fingerprint density at radius 2 is 1.77 bits per heavy atom. The molecule has 4 aromatic heterocycles. The summed E-state index contributed by atoms with van der Waals surface area (Å²) in [5, 5.41) is 11.5. The van der Waals surface area contributed by atoms with Gasteiger partial charge in [0.2, 0.25) is 5.91 Å². The average molecular weight is 537 g/mol. The van der Waals surface area contributed by atoms with Gasteiger partial charge < -0.3 is 15.2 Å². The van der Waals surface area contributed by atoms with E-state index < -0.39 is 0 Å². The van der Waals surface area contributed by atoms with E-state index in [-0.39, 0.29) is 11.8 Å². The molecule has 0 bridgehead atoms. The number of fused-ring (bicyclic) bond motifs is 2. The van der Waals surface area contributed by atoms with Crippen molar-refractivity contribution < 1.29 is 4.79 Å². The fourth-order valence-corrected chi connectivity index (χ4v) is 5.86. The number of rotatable bonds is 5. The number of amides is 1. The first kappa shape index (κ1) is 26.0. The highest BCUT2D eigenvalue weighted by Gasteiger charge is 2.23. The van der Waals surface area contributed by atoms with Gasteiger partial charge in [-0.15, -0.1) is 0 Å². The fraction of sp³-hybridized carbons (Fsp3) is 0.387. The maximum atomic E-state index is 12.6. The molecular weight excluding hydrogens is 500 g/mol. The van der Waals surface area contributed by atoms with Gasteiger partial charge in [-0.3, -0.25) is 14.9 Å². The molecule has 5 aromatic rings. The number of piperidine rings is 1. The van der Waals surface area contributed by atoms with Gasteiger partial charge in [-0.1, -0.05) is 32.8 Å². The zero-order valence-corrected chi connectivity index (χ0v) is 23.2. The Morgan fingerprint density at radius 1 is 0.975 bits per heavy atom. The van der Waals surface area contributed by atoms with Gasteiger partial charge in [0.05, 0.1) is 28.5 Å². The number of carbonyl (C=O) groups excluding carboxylic acids is 1. The van der Waals surface area contributed by atoms with Crippen molar-refractivity contribution in [3.8, 4) is 22.6 Å². The maximum absolute atomic E-state index is 12.6. The Bertz CT molecular complexity index is 1630. The first-order chi connectivity index (χ1) is 19.7. The van der Waals surface area contributed by atoms with Crippen molar-refractivity contribution in [2.75, 3.05) is 23.3 Å². The van der Waals surface area contributed by atoms with E-state index >= 15 is 0 Å². The molecule has 3 N–H and O–H groups in total. The van der Waals surface area contributed by atoms with Gasteiger partial charge >= 0.3 is 0 Å². The second kappa shape index (κ2) is 11.5. The van der Waals surface area contributed by atoms with Gasteiger partial charge in [0.25, 0.3) is 0 Å². The van der Waals surface area contributed by atoms with Crippen LogP contribution in [0.15, 0.2) is 48.9 Å². The van der Waals surface area contributed by atoms with Crippen LogP contribution in [0.1, 0.15) is 58.8 Å². The number of hydrogen-bond acceptors (Lipinski definition) is 6. The molecule has 1 aliphatic carbocycles. The van der Waals surface area contributed by atoms with E-state index in [1.807, 2.05) is 19.9 Å². The zero-order chi connectivity index (χ0) is 27.5. The molecule has 2 aliphatic rings. The molecule has 1 saturated heterocycles. The number of carbonyl (C=O) groups is 1. The SMILES string of the molecule is CC.O=C(Nc1cncc(-c2cnc3n[nH]c(-c4nc5c(N6CCCCC6)cccc5[nH]4)c3c2)c1)C1CCCC1. The highest BCUT2D eigenvalue weighted by atomic mass is 16.1. The molecule has 2 fully saturated rings. The molecule has 1 amide bonds. The van der Waals surface area contributed by atoms with Crippen LogP contribution in [0.2, 0.25) is 0 Å². The minimum absolute atomic E-state index is 0.0842. The average Bonchev–Trinajstić information content (AvgIpc) is 3.78. The minimum Gasteiger partial charge on any atom is -0.370 e. The van der Waals surface area contributed by atoms with Crippen LogP contribution in [0.5, 0.6) is 0 Å². The molecule has 0 atom stereocenters. The maximum Gasteiger partial charge on any atom is 0.227 e. The number of aromatic nitrogens is 6. The van der Waals surface area contributed by atoms with Crippen LogP contribution in [0.3, 0.4) is 0 Å². The highest BCUT2D eigenvalue weighted by Crippen LogP contribution is 2.33. The number of nitrogens with one attached hydrogen (secondary N) is 3. The summed E-state index contributed by atoms with van der Waals surface area (Å²) in [6.07, 6.45) is 13.2. The Balaban J connectivity index is 0.00000142. The van der Waals surface area contributed by atoms with Crippen molar-refractivity contribution in [1.82, 2.24) is 30.1 Å². The molecule has 1 aromatic carbocycles. The molecule has 40 heavy (non-hydrogen) atoms. The molecular formula is C31H36N8O. The van der Waals surface area contributed by atoms with Crippen LogP contribution in [0, 0.1) is 5.92 Å². The first-order valence-corrected chi connectivity index (χ1v) is 14.6. The third kappa shape index (κ3) is 5.03. The lowest BCUT2D eigenvalue weighted by Crippen LogP contribution is -2.29. The van der Waals surface area contributed by atoms with Gasteiger partial charge in [-0.05, 0) is 56.4 Å². The Morgan fingerprint density at radius 3 is 2.60 bits per heavy atom. The zero-order valence-electron chi connectivity index (χ0n) is 23.2. The van der Waals surface area contributed by atoms with E-state index in [4.69, 9.17) is 4.98 Å². The number of para-hydroxylation sites is 1. The number of aromatic amines is 2. The van der Waals surface area contributed by atoms with E-state index in [1.165, 1.54) is 24.9 Å². The standard InChI is InChI=1S/C29H30N8O.C2H6/c38-29(18-7-2-3-8-18)32-21-13-19(15-30-17-21)20-14-22-25(35-36-27(22)31-16-20)28-33-23-9-6-10-24(26(23)34-28)37-11-4-1-5-12-37;1-2/h6,9-10,13-18H,1-5,7-8,11-12H2,(H,32,38)(H,33,34)(H,31,35,36);1-2H3. The number of imidazole rings is 1. The van der Waals surface area contributed by atoms with Crippen molar-refractivity contribution >= 4 is 39.3 Å². The van der Waals surface area contributed by atoms with Crippen molar-refractivity contribution in [3.63, 3.8) is 0 Å². The summed E-state index contributed by atoms with van der Waals surface area (Å²) in [4.78, 5) is 32.5. The van der Waals surface area contributed by atoms with Gasteiger partial charge in [-0.2, -0.15) is 5.10 Å². The van der Waals surface area contributed by atoms with Crippen molar-refractivity contribution in [2.45, 2.75) is 58.8 Å². The molecule has 1 aliphatic heterocycles. The van der Waals surface area contributed by atoms with Crippen LogP contribution < -0.4 is 10.2 Å². The highest BCUT2D eigenvalue weighted by molar-refractivity contribution is 5.97. The quantitative estimate of drug-likeness (QED) is 0.230. The van der Waals surface area contributed by atoms with Crippen LogP contribution in [0.25, 0.3) is 44.7 Å². The van der Waals surface area contributed by atoms with Crippen molar-refractivity contribution in [1.29, 1.82) is 0 Å². The predicted octanol–water partition coefficient (Wildman–Crippen LogP) is 6.71. The Labute approximate surface area is 233 Å². The molecule has 0 radical (unpaired) electrons. The summed E-state index contributed by atoms with van der Waals surface area (Å²) in [7, 11) is 0. The number of H-pyrrole nitrogens is 2. The lowest BCUT2D eigenvalue weighted by Gasteiger charge is -2.28. The summed E-state index contributed by atoms with van der Waals surface area (Å²) in [6.45, 7) is 6.13. The van der Waals surface area contributed by atoms with Gasteiger partial charge in [0.1, 0.15) is 11.2 Å². The molecule has 7 rings (SSSR count). The Hall–Kier alpha value is -4.27. The topological polar surface area (TPSA) is 115 Å². The van der Waals surface area contributed by atoms with E-state index in [2.05, 4.69) is 59.6 Å². The predicted molar refractivity (Wildman–Crippen MR) is 160 cm³/mol. The largest absolute Gasteiger partial charge is 0.370 e. The molecule has 206 valence electrons. The fourth-order valence-electron chi connectivity index (χ4n) is 5.86. The summed E-state index contributed by atoms with van der Waals surface area (Å²) < 4.78 is 0. The number of anilines is 2. The third-order valence-electron chi connectivity index (χ3n) is 7.90. The lowest BCUT2D eigenvalue weighted by atomic mass is 10.1. The minimum atomic E-state index is 0.0842. The van der Waals surface area contributed by atoms with Gasteiger partial charge in [0, 0.05) is 42.5 Å². The Kier molecular flexibility index (Phi) is 7.44. The first-order valence-electron chi connectivity index (χ1n) is 14.6. The molecule has 0 spiro atoms. The van der Waals surface area contributed by atoms with Crippen LogP contribution >= 0.6 is 0 Å². The molecule has 5 heterocycles. The van der Waals surface area contributed by atoms with Crippen LogP contribution in [0.4, 0.5) is 11.4 Å². The number of nitrogens with zero attached hydrogens (tertiary/aromatic N) is 5. The van der Waals surface area contributed by atoms with Crippen molar-refractivity contribution in [3.05, 3.63) is 48.9 Å². The molecule has 1 saturated carbocycles. The normalized spacial score (nSPS) is 15.8. The van der Waals surface area contributed by atoms with E-state index in [0.29, 0.717) is 11.3 Å². The van der Waals surface area contributed by atoms with Crippen LogP contribution in [-0.2, 0) is 4.79 Å². The molecule has 0 unspecified atom stereocenters. The van der Waals surface area contributed by atoms with Gasteiger partial charge in [0.15, 0.2) is 11.5 Å². The smallest absolute Gasteiger partial charge is 0.227 e. The summed E-state index contributed by atoms with van der Waals surface area (Å²) in [6, 6.07) is 10.3. The number of benzene rings is 1. The monoisotopic (exact) mass is 536 g/mol. The second-order valence-electron chi connectivity index (χ2n) is 10.4. The molecule has 9 nitrogen and oxygen atoms in total. The van der Waals surface area contributed by atoms with E-state index in [9.17, 15) is 4.79 Å². The lowest BCUT2D eigenvalue weighted by molar-refractivity contribution is -0.119. The molecule has 9 heteroatoms. The second-order valence-corrected chi connectivity index (χ2v) is 10.4. The summed E-state index contributed by atoms with van der Waals surface area (Å²) in [5.41, 5.74) is 7.07. The summed E-state index contributed by atoms with van der Waals surface area (Å²) in [5.74, 6) is 0.923. The van der Waals surface area contributed by atoms with E-state index in [1.54, 1.807) is 18.6 Å². The third-order valence-corrected chi connectivity index (χ3v) is 7.90. The van der Waals surface area contributed by atoms with Crippen LogP contribution in [-0.4, -0.2) is 49.1 Å². The number of hydrogen-bond donors (Lipinski definition) is 3. The van der Waals surface area contributed by atoms with Crippen molar-refractivity contribution in [2.24, 2.45) is 5.92 Å². The number of pyridine rings is 2. The van der Waals surface area contributed by atoms with Gasteiger partial charge in [-0.25, -0.2) is 9.97 Å². The summed E-state index contributed by atoms with van der Waals surface area (Å²) >= 11 is 0. The van der Waals surface area contributed by atoms with E-state index in [0.717, 1.165) is 77.8 Å².